The smallest absolute Gasteiger partial charge is 0.219 e. The first-order valence-corrected chi connectivity index (χ1v) is 7.99. The Balaban J connectivity index is 1.59. The lowest BCUT2D eigenvalue weighted by molar-refractivity contribution is 0.461. The maximum Gasteiger partial charge on any atom is 0.219 e. The molecule has 0 aliphatic rings. The summed E-state index contributed by atoms with van der Waals surface area (Å²) in [5.41, 5.74) is 2.51. The number of hydrogen-bond acceptors (Lipinski definition) is 5. The maximum absolute atomic E-state index is 5.80. The maximum atomic E-state index is 5.80. The molecule has 0 unspecified atom stereocenters. The van der Waals surface area contributed by atoms with Gasteiger partial charge in [0.15, 0.2) is 0 Å². The Hall–Kier alpha value is -2.69. The van der Waals surface area contributed by atoms with Gasteiger partial charge in [-0.15, -0.1) is 10.2 Å². The van der Waals surface area contributed by atoms with E-state index in [2.05, 4.69) is 48.1 Å². The van der Waals surface area contributed by atoms with Gasteiger partial charge < -0.3 is 9.15 Å². The Bertz CT molecular complexity index is 758. The topological polar surface area (TPSA) is 61.0 Å². The van der Waals surface area contributed by atoms with Gasteiger partial charge in [-0.05, 0) is 35.1 Å². The molecule has 0 fully saturated rings. The lowest BCUT2D eigenvalue weighted by atomic mass is 9.87. The van der Waals surface area contributed by atoms with Crippen LogP contribution in [0.15, 0.2) is 53.4 Å². The molecule has 0 atom stereocenters. The molecule has 3 aromatic rings. The molecule has 2 aromatic heterocycles. The number of rotatable bonds is 5. The quantitative estimate of drug-likeness (QED) is 0.699. The average Bonchev–Trinajstić information content (AvgIpc) is 3.07. The molecule has 0 saturated heterocycles. The van der Waals surface area contributed by atoms with Crippen molar-refractivity contribution in [2.24, 2.45) is 0 Å². The predicted octanol–water partition coefficient (Wildman–Crippen LogP) is 4.34. The van der Waals surface area contributed by atoms with Crippen LogP contribution in [-0.4, -0.2) is 15.2 Å². The highest BCUT2D eigenvalue weighted by Gasteiger charge is 2.13. The van der Waals surface area contributed by atoms with E-state index >= 15 is 0 Å². The predicted molar refractivity (Wildman–Crippen MR) is 91.2 cm³/mol. The van der Waals surface area contributed by atoms with Gasteiger partial charge in [0.2, 0.25) is 18.2 Å². The minimum absolute atomic E-state index is 0.136. The lowest BCUT2D eigenvalue weighted by Crippen LogP contribution is -2.10. The van der Waals surface area contributed by atoms with Crippen LogP contribution in [0.5, 0.6) is 11.6 Å². The van der Waals surface area contributed by atoms with E-state index in [1.54, 1.807) is 0 Å². The molecule has 0 bridgehead atoms. The molecule has 124 valence electrons. The summed E-state index contributed by atoms with van der Waals surface area (Å²) in [4.78, 5) is 4.36. The van der Waals surface area contributed by atoms with Crippen LogP contribution in [0.2, 0.25) is 0 Å². The molecule has 0 radical (unpaired) electrons. The van der Waals surface area contributed by atoms with Crippen molar-refractivity contribution >= 4 is 0 Å². The van der Waals surface area contributed by atoms with Crippen LogP contribution < -0.4 is 4.74 Å². The standard InChI is InChI=1S/C19H21N3O2/c1-19(2,3)15-6-8-16(9-7-15)24-17-10-4-14(12-20-17)5-11-18-22-21-13-23-18/h4,6-10,12-13H,5,11H2,1-3H3. The summed E-state index contributed by atoms with van der Waals surface area (Å²) in [6, 6.07) is 12.0. The Kier molecular flexibility index (Phi) is 4.60. The van der Waals surface area contributed by atoms with Crippen LogP contribution in [0.4, 0.5) is 0 Å². The third kappa shape index (κ3) is 4.19. The van der Waals surface area contributed by atoms with Crippen molar-refractivity contribution in [2.75, 3.05) is 0 Å². The molecule has 2 heterocycles. The highest BCUT2D eigenvalue weighted by molar-refractivity contribution is 5.33. The van der Waals surface area contributed by atoms with Crippen molar-refractivity contribution < 1.29 is 9.15 Å². The van der Waals surface area contributed by atoms with Gasteiger partial charge in [0.05, 0.1) is 0 Å². The molecule has 5 heteroatoms. The number of nitrogens with zero attached hydrogens (tertiary/aromatic N) is 3. The zero-order valence-electron chi connectivity index (χ0n) is 14.2. The second-order valence-corrected chi connectivity index (χ2v) is 6.71. The van der Waals surface area contributed by atoms with E-state index in [-0.39, 0.29) is 5.41 Å². The van der Waals surface area contributed by atoms with Gasteiger partial charge in [0.25, 0.3) is 0 Å². The molecule has 5 nitrogen and oxygen atoms in total. The van der Waals surface area contributed by atoms with E-state index in [0.29, 0.717) is 18.2 Å². The molecule has 1 aromatic carbocycles. The van der Waals surface area contributed by atoms with Crippen LogP contribution >= 0.6 is 0 Å². The number of benzene rings is 1. The van der Waals surface area contributed by atoms with Crippen molar-refractivity contribution in [3.8, 4) is 11.6 Å². The van der Waals surface area contributed by atoms with Gasteiger partial charge in [0, 0.05) is 18.7 Å². The number of aryl methyl sites for hydroxylation is 2. The van der Waals surface area contributed by atoms with Crippen molar-refractivity contribution in [3.63, 3.8) is 0 Å². The second-order valence-electron chi connectivity index (χ2n) is 6.71. The number of hydrogen-bond donors (Lipinski definition) is 0. The summed E-state index contributed by atoms with van der Waals surface area (Å²) in [5, 5.41) is 7.53. The van der Waals surface area contributed by atoms with Crippen LogP contribution in [0.25, 0.3) is 0 Å². The largest absolute Gasteiger partial charge is 0.439 e. The third-order valence-corrected chi connectivity index (χ3v) is 3.77. The van der Waals surface area contributed by atoms with Crippen molar-refractivity contribution in [3.05, 3.63) is 66.0 Å². The van der Waals surface area contributed by atoms with Crippen molar-refractivity contribution in [2.45, 2.75) is 39.0 Å². The van der Waals surface area contributed by atoms with E-state index in [0.717, 1.165) is 17.7 Å². The summed E-state index contributed by atoms with van der Waals surface area (Å²) in [6.07, 6.45) is 4.66. The summed E-state index contributed by atoms with van der Waals surface area (Å²) >= 11 is 0. The SMILES string of the molecule is CC(C)(C)c1ccc(Oc2ccc(CCc3nnco3)cn2)cc1. The van der Waals surface area contributed by atoms with Gasteiger partial charge in [-0.3, -0.25) is 0 Å². The number of ether oxygens (including phenoxy) is 1. The molecular weight excluding hydrogens is 302 g/mol. The van der Waals surface area contributed by atoms with Crippen LogP contribution in [0.3, 0.4) is 0 Å². The van der Waals surface area contributed by atoms with Crippen LogP contribution in [-0.2, 0) is 18.3 Å². The first-order valence-electron chi connectivity index (χ1n) is 7.99. The molecule has 3 rings (SSSR count). The summed E-state index contributed by atoms with van der Waals surface area (Å²) in [6.45, 7) is 6.58. The van der Waals surface area contributed by atoms with Gasteiger partial charge in [0.1, 0.15) is 5.75 Å². The highest BCUT2D eigenvalue weighted by Crippen LogP contribution is 2.26. The number of aromatic nitrogens is 3. The highest BCUT2D eigenvalue weighted by atomic mass is 16.5. The molecule has 24 heavy (non-hydrogen) atoms. The average molecular weight is 323 g/mol. The lowest BCUT2D eigenvalue weighted by Gasteiger charge is -2.19. The fourth-order valence-corrected chi connectivity index (χ4v) is 2.32. The monoisotopic (exact) mass is 323 g/mol. The summed E-state index contributed by atoms with van der Waals surface area (Å²) < 4.78 is 10.9. The van der Waals surface area contributed by atoms with Gasteiger partial charge in [-0.1, -0.05) is 39.0 Å². The van der Waals surface area contributed by atoms with Crippen molar-refractivity contribution in [1.29, 1.82) is 0 Å². The van der Waals surface area contributed by atoms with Crippen molar-refractivity contribution in [1.82, 2.24) is 15.2 Å². The van der Waals surface area contributed by atoms with Gasteiger partial charge in [-0.25, -0.2) is 4.98 Å². The fraction of sp³-hybridized carbons (Fsp3) is 0.316. The van der Waals surface area contributed by atoms with Gasteiger partial charge in [-0.2, -0.15) is 0 Å². The molecule has 0 aliphatic heterocycles. The zero-order valence-corrected chi connectivity index (χ0v) is 14.2. The minimum Gasteiger partial charge on any atom is -0.439 e. The van der Waals surface area contributed by atoms with E-state index in [1.165, 1.54) is 12.0 Å². The van der Waals surface area contributed by atoms with Crippen LogP contribution in [0, 0.1) is 0 Å². The fourth-order valence-electron chi connectivity index (χ4n) is 2.32. The molecule has 0 N–H and O–H groups in total. The molecular formula is C19H21N3O2. The van der Waals surface area contributed by atoms with E-state index in [1.807, 2.05) is 30.5 Å². The molecule has 0 saturated carbocycles. The Morgan fingerprint density at radius 1 is 1.00 bits per heavy atom. The Morgan fingerprint density at radius 2 is 1.79 bits per heavy atom. The summed E-state index contributed by atoms with van der Waals surface area (Å²) in [5.74, 6) is 2.00. The zero-order chi connectivity index (χ0) is 17.0. The second kappa shape index (κ2) is 6.83. The number of pyridine rings is 1. The molecule has 0 aliphatic carbocycles. The molecule has 0 amide bonds. The van der Waals surface area contributed by atoms with E-state index < -0.39 is 0 Å². The normalized spacial score (nSPS) is 11.5. The minimum atomic E-state index is 0.136. The van der Waals surface area contributed by atoms with Gasteiger partial charge >= 0.3 is 0 Å². The third-order valence-electron chi connectivity index (χ3n) is 3.77. The Morgan fingerprint density at radius 3 is 2.38 bits per heavy atom. The Labute approximate surface area is 141 Å². The van der Waals surface area contributed by atoms with E-state index in [4.69, 9.17) is 9.15 Å². The molecule has 0 spiro atoms. The van der Waals surface area contributed by atoms with Crippen LogP contribution in [0.1, 0.15) is 37.8 Å². The van der Waals surface area contributed by atoms with E-state index in [9.17, 15) is 0 Å². The summed E-state index contributed by atoms with van der Waals surface area (Å²) in [7, 11) is 0. The first-order chi connectivity index (χ1) is 11.5. The first kappa shape index (κ1) is 16.2.